The number of halogens is 1. The molecule has 0 spiro atoms. The van der Waals surface area contributed by atoms with E-state index in [1.807, 2.05) is 0 Å². The topological polar surface area (TPSA) is 29.3 Å². The molecule has 1 fully saturated rings. The quantitative estimate of drug-likeness (QED) is 0.695. The van der Waals surface area contributed by atoms with E-state index < -0.39 is 6.17 Å². The Morgan fingerprint density at radius 2 is 2.33 bits per heavy atom. The van der Waals surface area contributed by atoms with Gasteiger partial charge in [0.15, 0.2) is 0 Å². The fraction of sp³-hybridized carbons (Fsp3) is 1.00. The van der Waals surface area contributed by atoms with Gasteiger partial charge in [-0.2, -0.15) is 0 Å². The lowest BCUT2D eigenvalue weighted by Gasteiger charge is -2.32. The molecule has 2 nitrogen and oxygen atoms in total. The molecular formula is C9H19FN2. The first-order valence-electron chi connectivity index (χ1n) is 4.86. The van der Waals surface area contributed by atoms with Gasteiger partial charge in [-0.1, -0.05) is 13.3 Å². The molecule has 3 heteroatoms. The molecule has 2 atom stereocenters. The monoisotopic (exact) mass is 174 g/mol. The maximum atomic E-state index is 13.1. The SMILES string of the molecule is CCCCN1CC[C@H](N)[C@H](F)C1. The van der Waals surface area contributed by atoms with Crippen molar-refractivity contribution in [2.75, 3.05) is 19.6 Å². The second-order valence-corrected chi connectivity index (χ2v) is 3.62. The molecule has 1 saturated heterocycles. The molecule has 0 amide bonds. The zero-order valence-corrected chi connectivity index (χ0v) is 7.80. The Balaban J connectivity index is 2.21. The molecule has 12 heavy (non-hydrogen) atoms. The van der Waals surface area contributed by atoms with Crippen LogP contribution in [0.1, 0.15) is 26.2 Å². The zero-order valence-electron chi connectivity index (χ0n) is 7.80. The first kappa shape index (κ1) is 9.93. The van der Waals surface area contributed by atoms with Gasteiger partial charge in [0.2, 0.25) is 0 Å². The van der Waals surface area contributed by atoms with E-state index in [-0.39, 0.29) is 6.04 Å². The summed E-state index contributed by atoms with van der Waals surface area (Å²) >= 11 is 0. The van der Waals surface area contributed by atoms with Crippen LogP contribution in [0.4, 0.5) is 4.39 Å². The lowest BCUT2D eigenvalue weighted by molar-refractivity contribution is 0.118. The van der Waals surface area contributed by atoms with Crippen molar-refractivity contribution in [1.82, 2.24) is 4.90 Å². The number of piperidine rings is 1. The Kier molecular flexibility index (Phi) is 3.95. The predicted octanol–water partition coefficient (Wildman–Crippen LogP) is 1.16. The van der Waals surface area contributed by atoms with Crippen LogP contribution < -0.4 is 5.73 Å². The highest BCUT2D eigenvalue weighted by Gasteiger charge is 2.25. The Morgan fingerprint density at radius 1 is 1.58 bits per heavy atom. The first-order valence-corrected chi connectivity index (χ1v) is 4.86. The second-order valence-electron chi connectivity index (χ2n) is 3.62. The second kappa shape index (κ2) is 4.77. The number of alkyl halides is 1. The summed E-state index contributed by atoms with van der Waals surface area (Å²) in [7, 11) is 0. The zero-order chi connectivity index (χ0) is 8.97. The number of nitrogens with zero attached hydrogens (tertiary/aromatic N) is 1. The summed E-state index contributed by atoms with van der Waals surface area (Å²) in [6.07, 6.45) is 2.35. The molecule has 1 aliphatic rings. The van der Waals surface area contributed by atoms with E-state index in [1.165, 1.54) is 12.8 Å². The summed E-state index contributed by atoms with van der Waals surface area (Å²) in [5.74, 6) is 0. The van der Waals surface area contributed by atoms with Crippen LogP contribution in [0.25, 0.3) is 0 Å². The molecule has 72 valence electrons. The first-order chi connectivity index (χ1) is 5.74. The van der Waals surface area contributed by atoms with Crippen LogP contribution in [0.2, 0.25) is 0 Å². The van der Waals surface area contributed by atoms with E-state index in [4.69, 9.17) is 5.73 Å². The molecule has 0 aromatic carbocycles. The number of rotatable bonds is 3. The van der Waals surface area contributed by atoms with E-state index in [1.54, 1.807) is 0 Å². The summed E-state index contributed by atoms with van der Waals surface area (Å²) < 4.78 is 13.1. The minimum atomic E-state index is -0.810. The van der Waals surface area contributed by atoms with Crippen molar-refractivity contribution in [3.05, 3.63) is 0 Å². The fourth-order valence-electron chi connectivity index (χ4n) is 1.57. The van der Waals surface area contributed by atoms with Crippen LogP contribution in [0.5, 0.6) is 0 Å². The molecule has 0 aromatic heterocycles. The summed E-state index contributed by atoms with van der Waals surface area (Å²) in [4.78, 5) is 2.18. The van der Waals surface area contributed by atoms with E-state index in [9.17, 15) is 4.39 Å². The van der Waals surface area contributed by atoms with Crippen LogP contribution in [-0.2, 0) is 0 Å². The number of unbranched alkanes of at least 4 members (excludes halogenated alkanes) is 1. The summed E-state index contributed by atoms with van der Waals surface area (Å²) in [5, 5.41) is 0. The van der Waals surface area contributed by atoms with Crippen molar-refractivity contribution in [3.8, 4) is 0 Å². The number of likely N-dealkylation sites (tertiary alicyclic amines) is 1. The summed E-state index contributed by atoms with van der Waals surface area (Å²) in [5.41, 5.74) is 5.57. The lowest BCUT2D eigenvalue weighted by atomic mass is 10.0. The highest BCUT2D eigenvalue weighted by Crippen LogP contribution is 2.12. The van der Waals surface area contributed by atoms with Gasteiger partial charge in [-0.3, -0.25) is 0 Å². The average Bonchev–Trinajstić information content (AvgIpc) is 2.07. The van der Waals surface area contributed by atoms with Crippen LogP contribution in [0, 0.1) is 0 Å². The molecule has 0 radical (unpaired) electrons. The van der Waals surface area contributed by atoms with E-state index in [0.717, 1.165) is 19.5 Å². The minimum Gasteiger partial charge on any atom is -0.325 e. The summed E-state index contributed by atoms with van der Waals surface area (Å²) in [6, 6.07) is -0.220. The normalized spacial score (nSPS) is 32.2. The van der Waals surface area contributed by atoms with Crippen molar-refractivity contribution >= 4 is 0 Å². The highest BCUT2D eigenvalue weighted by molar-refractivity contribution is 4.82. The maximum Gasteiger partial charge on any atom is 0.128 e. The Morgan fingerprint density at radius 3 is 2.92 bits per heavy atom. The lowest BCUT2D eigenvalue weighted by Crippen LogP contribution is -2.48. The molecule has 0 aliphatic carbocycles. The van der Waals surface area contributed by atoms with Crippen LogP contribution >= 0.6 is 0 Å². The van der Waals surface area contributed by atoms with Crippen LogP contribution in [0.15, 0.2) is 0 Å². The van der Waals surface area contributed by atoms with Crippen LogP contribution in [-0.4, -0.2) is 36.7 Å². The van der Waals surface area contributed by atoms with Crippen molar-refractivity contribution in [3.63, 3.8) is 0 Å². The van der Waals surface area contributed by atoms with E-state index in [2.05, 4.69) is 11.8 Å². The molecule has 2 N–H and O–H groups in total. The average molecular weight is 174 g/mol. The number of nitrogens with two attached hydrogens (primary N) is 1. The Hall–Kier alpha value is -0.150. The van der Waals surface area contributed by atoms with Gasteiger partial charge in [0.1, 0.15) is 6.17 Å². The highest BCUT2D eigenvalue weighted by atomic mass is 19.1. The van der Waals surface area contributed by atoms with Gasteiger partial charge in [-0.05, 0) is 25.9 Å². The molecular weight excluding hydrogens is 155 g/mol. The van der Waals surface area contributed by atoms with Gasteiger partial charge in [0.05, 0.1) is 0 Å². The molecule has 0 bridgehead atoms. The minimum absolute atomic E-state index is 0.220. The molecule has 0 aromatic rings. The third kappa shape index (κ3) is 2.72. The molecule has 0 saturated carbocycles. The van der Waals surface area contributed by atoms with E-state index in [0.29, 0.717) is 6.54 Å². The largest absolute Gasteiger partial charge is 0.325 e. The van der Waals surface area contributed by atoms with Gasteiger partial charge in [-0.25, -0.2) is 4.39 Å². The number of hydrogen-bond acceptors (Lipinski definition) is 2. The Bertz CT molecular complexity index is 128. The van der Waals surface area contributed by atoms with Crippen molar-refractivity contribution in [2.45, 2.75) is 38.4 Å². The van der Waals surface area contributed by atoms with E-state index >= 15 is 0 Å². The predicted molar refractivity (Wildman–Crippen MR) is 48.8 cm³/mol. The van der Waals surface area contributed by atoms with Crippen molar-refractivity contribution < 1.29 is 4.39 Å². The van der Waals surface area contributed by atoms with Crippen LogP contribution in [0.3, 0.4) is 0 Å². The van der Waals surface area contributed by atoms with Gasteiger partial charge >= 0.3 is 0 Å². The molecule has 1 aliphatic heterocycles. The third-order valence-electron chi connectivity index (χ3n) is 2.50. The van der Waals surface area contributed by atoms with Crippen molar-refractivity contribution in [2.24, 2.45) is 5.73 Å². The standard InChI is InChI=1S/C9H19FN2/c1-2-3-5-12-6-4-9(11)8(10)7-12/h8-9H,2-7,11H2,1H3/t8-,9+/m1/s1. The molecule has 1 rings (SSSR count). The van der Waals surface area contributed by atoms with Gasteiger partial charge < -0.3 is 10.6 Å². The third-order valence-corrected chi connectivity index (χ3v) is 2.50. The fourth-order valence-corrected chi connectivity index (χ4v) is 1.57. The maximum absolute atomic E-state index is 13.1. The smallest absolute Gasteiger partial charge is 0.128 e. The van der Waals surface area contributed by atoms with Gasteiger partial charge in [-0.15, -0.1) is 0 Å². The van der Waals surface area contributed by atoms with Crippen molar-refractivity contribution in [1.29, 1.82) is 0 Å². The Labute approximate surface area is 73.9 Å². The number of hydrogen-bond donors (Lipinski definition) is 1. The summed E-state index contributed by atoms with van der Waals surface area (Å²) in [6.45, 7) is 4.70. The van der Waals surface area contributed by atoms with Gasteiger partial charge in [0, 0.05) is 12.6 Å². The molecule has 1 heterocycles. The molecule has 0 unspecified atom stereocenters. The van der Waals surface area contributed by atoms with Gasteiger partial charge in [0.25, 0.3) is 0 Å².